The van der Waals surface area contributed by atoms with Crippen LogP contribution in [0.25, 0.3) is 0 Å². The standard InChI is InChI=1S/C11H21N3/c1-3-14(4-2)10-5-6-11(13)9(7-10)8-12/h9-11H,3-7,13H2,1-2H3. The zero-order chi connectivity index (χ0) is 10.6. The molecule has 0 radical (unpaired) electrons. The molecule has 0 aromatic heterocycles. The van der Waals surface area contributed by atoms with Gasteiger partial charge < -0.3 is 10.6 Å². The summed E-state index contributed by atoms with van der Waals surface area (Å²) >= 11 is 0. The first-order valence-corrected chi connectivity index (χ1v) is 5.62. The van der Waals surface area contributed by atoms with Crippen LogP contribution in [0.1, 0.15) is 33.1 Å². The van der Waals surface area contributed by atoms with Crippen molar-refractivity contribution in [1.29, 1.82) is 5.26 Å². The van der Waals surface area contributed by atoms with Crippen LogP contribution in [0.15, 0.2) is 0 Å². The molecule has 1 fully saturated rings. The zero-order valence-corrected chi connectivity index (χ0v) is 9.24. The molecule has 3 unspecified atom stereocenters. The lowest BCUT2D eigenvalue weighted by atomic mass is 9.82. The maximum absolute atomic E-state index is 8.96. The van der Waals surface area contributed by atoms with Crippen LogP contribution in [0.4, 0.5) is 0 Å². The lowest BCUT2D eigenvalue weighted by Gasteiger charge is -2.37. The second-order valence-corrected chi connectivity index (χ2v) is 4.09. The van der Waals surface area contributed by atoms with Crippen LogP contribution >= 0.6 is 0 Å². The van der Waals surface area contributed by atoms with E-state index in [1.54, 1.807) is 0 Å². The third-order valence-electron chi connectivity index (χ3n) is 3.37. The van der Waals surface area contributed by atoms with Crippen molar-refractivity contribution < 1.29 is 0 Å². The second kappa shape index (κ2) is 5.33. The number of hydrogen-bond donors (Lipinski definition) is 1. The summed E-state index contributed by atoms with van der Waals surface area (Å²) in [6.45, 7) is 6.52. The number of rotatable bonds is 3. The smallest absolute Gasteiger partial charge is 0.0672 e. The molecule has 1 aliphatic carbocycles. The Hall–Kier alpha value is -0.590. The predicted molar refractivity (Wildman–Crippen MR) is 57.6 cm³/mol. The molecule has 1 rings (SSSR count). The highest BCUT2D eigenvalue weighted by Gasteiger charge is 2.30. The highest BCUT2D eigenvalue weighted by atomic mass is 15.1. The first-order valence-electron chi connectivity index (χ1n) is 5.62. The van der Waals surface area contributed by atoms with Crippen molar-refractivity contribution in [2.75, 3.05) is 13.1 Å². The van der Waals surface area contributed by atoms with Gasteiger partial charge in [-0.3, -0.25) is 0 Å². The molecule has 0 aromatic carbocycles. The molecule has 14 heavy (non-hydrogen) atoms. The minimum absolute atomic E-state index is 0.0642. The third kappa shape index (κ3) is 2.46. The summed E-state index contributed by atoms with van der Waals surface area (Å²) in [7, 11) is 0. The highest BCUT2D eigenvalue weighted by molar-refractivity contribution is 4.97. The maximum Gasteiger partial charge on any atom is 0.0672 e. The average Bonchev–Trinajstić information content (AvgIpc) is 2.22. The molecule has 3 atom stereocenters. The van der Waals surface area contributed by atoms with Crippen molar-refractivity contribution in [2.24, 2.45) is 11.7 Å². The fourth-order valence-corrected chi connectivity index (χ4v) is 2.39. The Morgan fingerprint density at radius 3 is 2.50 bits per heavy atom. The van der Waals surface area contributed by atoms with E-state index in [1.807, 2.05) is 0 Å². The molecule has 0 saturated heterocycles. The Morgan fingerprint density at radius 2 is 2.00 bits per heavy atom. The Morgan fingerprint density at radius 1 is 1.36 bits per heavy atom. The van der Waals surface area contributed by atoms with Gasteiger partial charge in [0.25, 0.3) is 0 Å². The van der Waals surface area contributed by atoms with Gasteiger partial charge >= 0.3 is 0 Å². The number of nitriles is 1. The predicted octanol–water partition coefficient (Wildman–Crippen LogP) is 1.35. The Labute approximate surface area is 86.9 Å². The van der Waals surface area contributed by atoms with Gasteiger partial charge in [0.05, 0.1) is 12.0 Å². The van der Waals surface area contributed by atoms with Gasteiger partial charge in [0.15, 0.2) is 0 Å². The molecular formula is C11H21N3. The molecule has 0 amide bonds. The quantitative estimate of drug-likeness (QED) is 0.739. The van der Waals surface area contributed by atoms with E-state index < -0.39 is 0 Å². The Kier molecular flexibility index (Phi) is 4.37. The summed E-state index contributed by atoms with van der Waals surface area (Å²) in [5, 5.41) is 8.96. The molecule has 1 aliphatic rings. The molecule has 3 heteroatoms. The first-order chi connectivity index (χ1) is 6.72. The summed E-state index contributed by atoms with van der Waals surface area (Å²) in [5.41, 5.74) is 5.89. The van der Waals surface area contributed by atoms with E-state index in [0.29, 0.717) is 6.04 Å². The largest absolute Gasteiger partial charge is 0.327 e. The molecule has 3 nitrogen and oxygen atoms in total. The lowest BCUT2D eigenvalue weighted by Crippen LogP contribution is -2.45. The van der Waals surface area contributed by atoms with E-state index in [1.165, 1.54) is 0 Å². The van der Waals surface area contributed by atoms with Gasteiger partial charge in [-0.2, -0.15) is 5.26 Å². The first kappa shape index (κ1) is 11.5. The van der Waals surface area contributed by atoms with E-state index in [9.17, 15) is 0 Å². The monoisotopic (exact) mass is 195 g/mol. The number of nitrogens with zero attached hydrogens (tertiary/aromatic N) is 2. The summed E-state index contributed by atoms with van der Waals surface area (Å²) in [5.74, 6) is 0.0642. The molecule has 0 spiro atoms. The van der Waals surface area contributed by atoms with E-state index in [-0.39, 0.29) is 12.0 Å². The van der Waals surface area contributed by atoms with E-state index >= 15 is 0 Å². The van der Waals surface area contributed by atoms with E-state index in [2.05, 4.69) is 24.8 Å². The fraction of sp³-hybridized carbons (Fsp3) is 0.909. The van der Waals surface area contributed by atoms with Crippen LogP contribution in [0, 0.1) is 17.2 Å². The third-order valence-corrected chi connectivity index (χ3v) is 3.37. The Bertz CT molecular complexity index is 205. The maximum atomic E-state index is 8.96. The number of nitrogens with two attached hydrogens (primary N) is 1. The van der Waals surface area contributed by atoms with Crippen LogP contribution in [-0.4, -0.2) is 30.1 Å². The van der Waals surface area contributed by atoms with Crippen molar-refractivity contribution in [3.8, 4) is 6.07 Å². The van der Waals surface area contributed by atoms with Crippen molar-refractivity contribution in [3.63, 3.8) is 0 Å². The van der Waals surface area contributed by atoms with Crippen molar-refractivity contribution in [3.05, 3.63) is 0 Å². The summed E-state index contributed by atoms with van der Waals surface area (Å²) in [4.78, 5) is 2.44. The minimum Gasteiger partial charge on any atom is -0.327 e. The molecule has 80 valence electrons. The minimum atomic E-state index is 0.0642. The fourth-order valence-electron chi connectivity index (χ4n) is 2.39. The van der Waals surface area contributed by atoms with Gasteiger partial charge in [-0.05, 0) is 32.4 Å². The lowest BCUT2D eigenvalue weighted by molar-refractivity contribution is 0.146. The van der Waals surface area contributed by atoms with Gasteiger partial charge in [-0.15, -0.1) is 0 Å². The zero-order valence-electron chi connectivity index (χ0n) is 9.24. The summed E-state index contributed by atoms with van der Waals surface area (Å²) < 4.78 is 0. The molecule has 2 N–H and O–H groups in total. The van der Waals surface area contributed by atoms with E-state index in [4.69, 9.17) is 11.0 Å². The second-order valence-electron chi connectivity index (χ2n) is 4.09. The van der Waals surface area contributed by atoms with Crippen LogP contribution in [0.5, 0.6) is 0 Å². The molecule has 0 heterocycles. The summed E-state index contributed by atoms with van der Waals surface area (Å²) in [6.07, 6.45) is 3.11. The average molecular weight is 195 g/mol. The van der Waals surface area contributed by atoms with Crippen molar-refractivity contribution >= 4 is 0 Å². The molecule has 0 aromatic rings. The van der Waals surface area contributed by atoms with Crippen LogP contribution in [-0.2, 0) is 0 Å². The van der Waals surface area contributed by atoms with Crippen molar-refractivity contribution in [1.82, 2.24) is 4.90 Å². The van der Waals surface area contributed by atoms with E-state index in [0.717, 1.165) is 32.4 Å². The van der Waals surface area contributed by atoms with Gasteiger partial charge in [0.2, 0.25) is 0 Å². The summed E-state index contributed by atoms with van der Waals surface area (Å²) in [6, 6.07) is 3.02. The SMILES string of the molecule is CCN(CC)C1CCC(N)C(C#N)C1. The Balaban J connectivity index is 2.54. The normalized spacial score (nSPS) is 32.9. The van der Waals surface area contributed by atoms with Gasteiger partial charge in [0.1, 0.15) is 0 Å². The highest BCUT2D eigenvalue weighted by Crippen LogP contribution is 2.26. The van der Waals surface area contributed by atoms with Gasteiger partial charge in [-0.25, -0.2) is 0 Å². The van der Waals surface area contributed by atoms with Crippen molar-refractivity contribution in [2.45, 2.75) is 45.2 Å². The van der Waals surface area contributed by atoms with Gasteiger partial charge in [0, 0.05) is 12.1 Å². The van der Waals surface area contributed by atoms with Crippen LogP contribution in [0.3, 0.4) is 0 Å². The molecule has 0 bridgehead atoms. The molecule has 0 aliphatic heterocycles. The topological polar surface area (TPSA) is 53.0 Å². The molecule has 1 saturated carbocycles. The van der Waals surface area contributed by atoms with Crippen LogP contribution in [0.2, 0.25) is 0 Å². The number of hydrogen-bond acceptors (Lipinski definition) is 3. The van der Waals surface area contributed by atoms with Crippen LogP contribution < -0.4 is 5.73 Å². The van der Waals surface area contributed by atoms with Gasteiger partial charge in [-0.1, -0.05) is 13.8 Å². The molecular weight excluding hydrogens is 174 g/mol.